The van der Waals surface area contributed by atoms with Crippen LogP contribution in [-0.2, 0) is 19.1 Å². The summed E-state index contributed by atoms with van der Waals surface area (Å²) >= 11 is 1.58. The average Bonchev–Trinajstić information content (AvgIpc) is 3.22. The van der Waals surface area contributed by atoms with Crippen molar-refractivity contribution in [3.8, 4) is 0 Å². The lowest BCUT2D eigenvalue weighted by Gasteiger charge is -2.37. The summed E-state index contributed by atoms with van der Waals surface area (Å²) in [7, 11) is 0. The van der Waals surface area contributed by atoms with Gasteiger partial charge in [-0.15, -0.1) is 11.8 Å². The number of aryl methyl sites for hydroxylation is 2. The molecule has 4 heterocycles. The van der Waals surface area contributed by atoms with Crippen molar-refractivity contribution in [3.05, 3.63) is 53.6 Å². The molecule has 1 spiro atoms. The zero-order chi connectivity index (χ0) is 27.1. The molecule has 7 nitrogen and oxygen atoms in total. The number of para-hydroxylation sites is 1. The molecule has 2 fully saturated rings. The molecular formula is C30H38N2O5S. The van der Waals surface area contributed by atoms with Crippen molar-refractivity contribution >= 4 is 35.2 Å². The Hall–Kier alpha value is -2.58. The Kier molecular flexibility index (Phi) is 7.48. The predicted octanol–water partition coefficient (Wildman–Crippen LogP) is 3.95. The first-order chi connectivity index (χ1) is 18.2. The zero-order valence-electron chi connectivity index (χ0n) is 22.5. The van der Waals surface area contributed by atoms with Gasteiger partial charge in [0.2, 0.25) is 5.91 Å². The van der Waals surface area contributed by atoms with Crippen molar-refractivity contribution in [3.63, 3.8) is 0 Å². The number of aliphatic hydroxyl groups is 1. The van der Waals surface area contributed by atoms with Crippen LogP contribution in [0.15, 0.2) is 42.5 Å². The highest BCUT2D eigenvalue weighted by molar-refractivity contribution is 8.02. The number of unbranched alkanes of at least 4 members (excludes halogenated alkanes) is 2. The van der Waals surface area contributed by atoms with E-state index in [2.05, 4.69) is 18.2 Å². The number of rotatable bonds is 6. The molecular weight excluding hydrogens is 500 g/mol. The minimum Gasteiger partial charge on any atom is -0.465 e. The number of nitrogens with zero attached hydrogens (tertiary/aromatic N) is 2. The zero-order valence-corrected chi connectivity index (χ0v) is 23.3. The molecule has 0 saturated carbocycles. The van der Waals surface area contributed by atoms with Crippen molar-refractivity contribution in [2.45, 2.75) is 68.4 Å². The minimum atomic E-state index is -0.877. The number of aliphatic hydroxyl groups excluding tert-OH is 1. The molecule has 2 saturated heterocycles. The molecule has 0 aliphatic carbocycles. The van der Waals surface area contributed by atoms with Crippen LogP contribution in [0, 0.1) is 25.7 Å². The maximum atomic E-state index is 14.6. The molecule has 1 unspecified atom stereocenters. The van der Waals surface area contributed by atoms with Crippen molar-refractivity contribution in [2.24, 2.45) is 11.8 Å². The molecule has 1 N–H and O–H groups in total. The first-order valence-corrected chi connectivity index (χ1v) is 14.6. The lowest BCUT2D eigenvalue weighted by atomic mass is 9.74. The molecule has 38 heavy (non-hydrogen) atoms. The summed E-state index contributed by atoms with van der Waals surface area (Å²) in [5.41, 5.74) is 2.90. The summed E-state index contributed by atoms with van der Waals surface area (Å²) in [6.07, 6.45) is 11.9. The Labute approximate surface area is 229 Å². The number of hydrogen-bond acceptors (Lipinski definition) is 6. The highest BCUT2D eigenvalue weighted by atomic mass is 32.2. The smallest absolute Gasteiger partial charge is 0.311 e. The van der Waals surface area contributed by atoms with Crippen LogP contribution in [-0.4, -0.2) is 69.6 Å². The second-order valence-electron chi connectivity index (χ2n) is 11.1. The molecule has 2 amide bonds. The Bertz CT molecular complexity index is 1160. The number of anilines is 1. The number of amides is 2. The third-order valence-electron chi connectivity index (χ3n) is 8.52. The van der Waals surface area contributed by atoms with Gasteiger partial charge in [0.1, 0.15) is 6.04 Å². The molecule has 4 aliphatic heterocycles. The summed E-state index contributed by atoms with van der Waals surface area (Å²) in [5.74, 6) is -1.96. The Morgan fingerprint density at radius 1 is 1.03 bits per heavy atom. The van der Waals surface area contributed by atoms with E-state index < -0.39 is 27.4 Å². The summed E-state index contributed by atoms with van der Waals surface area (Å²) in [4.78, 5) is 46.0. The SMILES string of the molecule is Cc1cccc(C)c1N1CC=C[C@]23S[C@]4(C)/C=C\CCCOC(=O)[C@@H]4[C@H]2C(=O)N(CCCCCO)C3C1=O. The fraction of sp³-hybridized carbons (Fsp3) is 0.567. The maximum absolute atomic E-state index is 14.6. The van der Waals surface area contributed by atoms with E-state index in [4.69, 9.17) is 4.74 Å². The van der Waals surface area contributed by atoms with Crippen molar-refractivity contribution in [1.29, 1.82) is 0 Å². The Morgan fingerprint density at radius 3 is 2.53 bits per heavy atom. The van der Waals surface area contributed by atoms with Crippen LogP contribution < -0.4 is 4.90 Å². The number of likely N-dealkylation sites (tertiary alicyclic amines) is 1. The summed E-state index contributed by atoms with van der Waals surface area (Å²) in [6, 6.07) is 5.27. The first kappa shape index (κ1) is 27.0. The van der Waals surface area contributed by atoms with E-state index in [1.807, 2.05) is 49.9 Å². The second kappa shape index (κ2) is 10.5. The van der Waals surface area contributed by atoms with Crippen LogP contribution in [0.5, 0.6) is 0 Å². The van der Waals surface area contributed by atoms with Crippen LogP contribution in [0.4, 0.5) is 5.69 Å². The molecule has 8 heteroatoms. The Morgan fingerprint density at radius 2 is 1.79 bits per heavy atom. The van der Waals surface area contributed by atoms with E-state index in [1.165, 1.54) is 0 Å². The van der Waals surface area contributed by atoms with E-state index in [9.17, 15) is 19.5 Å². The van der Waals surface area contributed by atoms with Gasteiger partial charge in [0.05, 0.1) is 23.2 Å². The molecule has 1 aromatic rings. The minimum absolute atomic E-state index is 0.0976. The quantitative estimate of drug-likeness (QED) is 0.335. The molecule has 5 atom stereocenters. The van der Waals surface area contributed by atoms with Crippen LogP contribution in [0.3, 0.4) is 0 Å². The summed E-state index contributed by atoms with van der Waals surface area (Å²) < 4.78 is 4.15. The number of fused-ring (bicyclic) bond motifs is 2. The summed E-state index contributed by atoms with van der Waals surface area (Å²) in [5, 5.41) is 9.27. The number of benzene rings is 1. The number of thioether (sulfide) groups is 1. The van der Waals surface area contributed by atoms with Crippen LogP contribution in [0.25, 0.3) is 0 Å². The van der Waals surface area contributed by atoms with Gasteiger partial charge in [0.15, 0.2) is 0 Å². The van der Waals surface area contributed by atoms with Crippen LogP contribution >= 0.6 is 11.8 Å². The van der Waals surface area contributed by atoms with E-state index in [1.54, 1.807) is 16.7 Å². The normalized spacial score (nSPS) is 33.6. The standard InChI is InChI=1S/C30H38N2O5S/c1-20-12-10-13-21(2)24(20)31-17-11-15-30-22(23-28(36)37-19-9-4-6-14-29(23,3)38-30)26(34)32(25(30)27(31)35)16-7-5-8-18-33/h6,10-15,22-23,25,33H,4-5,7-9,16-19H2,1-3H3/b14-6-/t22-,23-,25?,29+,30-/m0/s1. The fourth-order valence-electron chi connectivity index (χ4n) is 6.88. The maximum Gasteiger partial charge on any atom is 0.311 e. The van der Waals surface area contributed by atoms with Crippen molar-refractivity contribution < 1.29 is 24.2 Å². The number of cyclic esters (lactones) is 1. The van der Waals surface area contributed by atoms with Gasteiger partial charge in [-0.2, -0.15) is 0 Å². The first-order valence-electron chi connectivity index (χ1n) is 13.8. The highest BCUT2D eigenvalue weighted by Gasteiger charge is 2.73. The van der Waals surface area contributed by atoms with E-state index in [0.29, 0.717) is 32.5 Å². The van der Waals surface area contributed by atoms with Gasteiger partial charge in [0, 0.05) is 30.1 Å². The topological polar surface area (TPSA) is 87.2 Å². The molecule has 1 aromatic carbocycles. The second-order valence-corrected chi connectivity index (χ2v) is 12.9. The predicted molar refractivity (Wildman–Crippen MR) is 149 cm³/mol. The van der Waals surface area contributed by atoms with Gasteiger partial charge in [-0.25, -0.2) is 0 Å². The lowest BCUT2D eigenvalue weighted by Crippen LogP contribution is -2.53. The third kappa shape index (κ3) is 4.30. The van der Waals surface area contributed by atoms with Crippen molar-refractivity contribution in [2.75, 3.05) is 31.2 Å². The van der Waals surface area contributed by atoms with Gasteiger partial charge >= 0.3 is 5.97 Å². The molecule has 204 valence electrons. The number of carbonyl (C=O) groups is 3. The number of hydrogen-bond donors (Lipinski definition) is 1. The number of ether oxygens (including phenoxy) is 1. The van der Waals surface area contributed by atoms with E-state index >= 15 is 0 Å². The molecule has 5 rings (SSSR count). The van der Waals surface area contributed by atoms with Gasteiger partial charge in [0.25, 0.3) is 5.91 Å². The fourth-order valence-corrected chi connectivity index (χ4v) is 9.03. The number of esters is 1. The van der Waals surface area contributed by atoms with Crippen molar-refractivity contribution in [1.82, 2.24) is 4.90 Å². The lowest BCUT2D eigenvalue weighted by molar-refractivity contribution is -0.154. The van der Waals surface area contributed by atoms with Gasteiger partial charge in [-0.05, 0) is 64.0 Å². The molecule has 0 radical (unpaired) electrons. The van der Waals surface area contributed by atoms with Gasteiger partial charge in [-0.3, -0.25) is 14.4 Å². The van der Waals surface area contributed by atoms with Gasteiger partial charge in [-0.1, -0.05) is 42.5 Å². The monoisotopic (exact) mass is 538 g/mol. The third-order valence-corrected chi connectivity index (χ3v) is 10.3. The number of allylic oxidation sites excluding steroid dienone is 1. The summed E-state index contributed by atoms with van der Waals surface area (Å²) in [6.45, 7) is 7.28. The largest absolute Gasteiger partial charge is 0.465 e. The molecule has 4 aliphatic rings. The van der Waals surface area contributed by atoms with E-state index in [0.717, 1.165) is 36.1 Å². The molecule has 0 bridgehead atoms. The average molecular weight is 539 g/mol. The number of carbonyl (C=O) groups excluding carboxylic acids is 3. The highest BCUT2D eigenvalue weighted by Crippen LogP contribution is 2.65. The van der Waals surface area contributed by atoms with Gasteiger partial charge < -0.3 is 19.6 Å². The van der Waals surface area contributed by atoms with E-state index in [-0.39, 0.29) is 24.4 Å². The molecule has 0 aromatic heterocycles. The van der Waals surface area contributed by atoms with Crippen LogP contribution in [0.1, 0.15) is 50.2 Å². The Balaban J connectivity index is 1.62. The van der Waals surface area contributed by atoms with Crippen LogP contribution in [0.2, 0.25) is 0 Å².